The van der Waals surface area contributed by atoms with Crippen molar-refractivity contribution < 1.29 is 19.1 Å². The summed E-state index contributed by atoms with van der Waals surface area (Å²) in [4.78, 5) is 22.6. The Balaban J connectivity index is 3.15. The lowest BCUT2D eigenvalue weighted by molar-refractivity contribution is 0.0369. The Labute approximate surface area is 86.3 Å². The van der Waals surface area contributed by atoms with Gasteiger partial charge in [-0.15, -0.1) is 0 Å². The van der Waals surface area contributed by atoms with Gasteiger partial charge in [-0.2, -0.15) is 0 Å². The maximum absolute atomic E-state index is 11.4. The van der Waals surface area contributed by atoms with Crippen molar-refractivity contribution in [3.8, 4) is 5.75 Å². The highest BCUT2D eigenvalue weighted by atomic mass is 16.5. The van der Waals surface area contributed by atoms with Gasteiger partial charge in [0.25, 0.3) is 0 Å². The molecule has 0 spiro atoms. The van der Waals surface area contributed by atoms with Gasteiger partial charge >= 0.3 is 11.6 Å². The van der Waals surface area contributed by atoms with Crippen LogP contribution in [0, 0.1) is 6.92 Å². The smallest absolute Gasteiger partial charge is 0.354 e. The van der Waals surface area contributed by atoms with Crippen molar-refractivity contribution in [2.75, 3.05) is 0 Å². The maximum Gasteiger partial charge on any atom is 0.354 e. The summed E-state index contributed by atoms with van der Waals surface area (Å²) in [6.07, 6.45) is -0.363. The molecule has 1 N–H and O–H groups in total. The zero-order valence-electron chi connectivity index (χ0n) is 8.73. The lowest BCUT2D eigenvalue weighted by Gasteiger charge is -2.07. The van der Waals surface area contributed by atoms with Crippen molar-refractivity contribution in [3.63, 3.8) is 0 Å². The van der Waals surface area contributed by atoms with Crippen LogP contribution in [0.5, 0.6) is 5.75 Å². The Morgan fingerprint density at radius 2 is 2.13 bits per heavy atom. The molecule has 0 amide bonds. The van der Waals surface area contributed by atoms with Crippen LogP contribution in [-0.4, -0.2) is 17.2 Å². The van der Waals surface area contributed by atoms with E-state index >= 15 is 0 Å². The average Bonchev–Trinajstić information content (AvgIpc) is 1.99. The van der Waals surface area contributed by atoms with Crippen LogP contribution >= 0.6 is 0 Å². The third kappa shape index (κ3) is 2.59. The van der Waals surface area contributed by atoms with Crippen LogP contribution in [0.1, 0.15) is 30.0 Å². The van der Waals surface area contributed by atoms with Crippen LogP contribution in [0.15, 0.2) is 15.3 Å². The van der Waals surface area contributed by atoms with Gasteiger partial charge in [0.15, 0.2) is 5.56 Å². The van der Waals surface area contributed by atoms with E-state index in [9.17, 15) is 14.7 Å². The first kappa shape index (κ1) is 11.3. The summed E-state index contributed by atoms with van der Waals surface area (Å²) >= 11 is 0. The molecule has 82 valence electrons. The van der Waals surface area contributed by atoms with E-state index in [0.29, 0.717) is 0 Å². The van der Waals surface area contributed by atoms with Crippen molar-refractivity contribution in [2.24, 2.45) is 0 Å². The molecule has 1 aromatic rings. The maximum atomic E-state index is 11.4. The monoisotopic (exact) mass is 212 g/mol. The predicted octanol–water partition coefficient (Wildman–Crippen LogP) is 1.22. The standard InChI is InChI=1S/C10H12O5/c1-5(2)14-9(12)8-7(11)4-6(3)15-10(8)13/h4-5,11H,1-3H3. The molecule has 0 aromatic carbocycles. The van der Waals surface area contributed by atoms with E-state index in [1.807, 2.05) is 0 Å². The van der Waals surface area contributed by atoms with Gasteiger partial charge in [-0.25, -0.2) is 9.59 Å². The SMILES string of the molecule is Cc1cc(O)c(C(=O)OC(C)C)c(=O)o1. The first-order valence-corrected chi connectivity index (χ1v) is 4.46. The fourth-order valence-corrected chi connectivity index (χ4v) is 1.06. The van der Waals surface area contributed by atoms with Crippen molar-refractivity contribution in [2.45, 2.75) is 26.9 Å². The van der Waals surface area contributed by atoms with Crippen molar-refractivity contribution in [1.29, 1.82) is 0 Å². The second kappa shape index (κ2) is 4.16. The number of carbonyl (C=O) groups is 1. The molecule has 15 heavy (non-hydrogen) atoms. The van der Waals surface area contributed by atoms with Crippen molar-refractivity contribution in [3.05, 3.63) is 27.8 Å². The number of ether oxygens (including phenoxy) is 1. The molecule has 1 rings (SSSR count). The number of esters is 1. The molecule has 0 atom stereocenters. The number of carbonyl (C=O) groups excluding carboxylic acids is 1. The van der Waals surface area contributed by atoms with Crippen LogP contribution in [0.25, 0.3) is 0 Å². The summed E-state index contributed by atoms with van der Waals surface area (Å²) in [6, 6.07) is 1.19. The van der Waals surface area contributed by atoms with E-state index in [1.165, 1.54) is 13.0 Å². The van der Waals surface area contributed by atoms with Gasteiger partial charge in [0, 0.05) is 6.07 Å². The largest absolute Gasteiger partial charge is 0.507 e. The van der Waals surface area contributed by atoms with Crippen LogP contribution in [-0.2, 0) is 4.74 Å². The molecule has 0 bridgehead atoms. The normalized spacial score (nSPS) is 10.4. The number of hydrogen-bond acceptors (Lipinski definition) is 5. The van der Waals surface area contributed by atoms with Gasteiger partial charge in [0.2, 0.25) is 0 Å². The molecule has 0 radical (unpaired) electrons. The molecule has 0 aliphatic carbocycles. The summed E-state index contributed by atoms with van der Waals surface area (Å²) in [5, 5.41) is 9.39. The molecule has 0 unspecified atom stereocenters. The fourth-order valence-electron chi connectivity index (χ4n) is 1.06. The molecular weight excluding hydrogens is 200 g/mol. The summed E-state index contributed by atoms with van der Waals surface area (Å²) < 4.78 is 9.45. The third-order valence-electron chi connectivity index (χ3n) is 1.60. The summed E-state index contributed by atoms with van der Waals surface area (Å²) in [5.41, 5.74) is -1.35. The molecule has 0 aliphatic rings. The Morgan fingerprint density at radius 1 is 1.53 bits per heavy atom. The predicted molar refractivity (Wildman–Crippen MR) is 51.9 cm³/mol. The Kier molecular flexibility index (Phi) is 3.14. The molecule has 0 saturated carbocycles. The quantitative estimate of drug-likeness (QED) is 0.746. The average molecular weight is 212 g/mol. The zero-order valence-corrected chi connectivity index (χ0v) is 8.73. The lowest BCUT2D eigenvalue weighted by Crippen LogP contribution is -2.19. The van der Waals surface area contributed by atoms with E-state index in [-0.39, 0.29) is 11.9 Å². The van der Waals surface area contributed by atoms with E-state index in [1.54, 1.807) is 13.8 Å². The molecule has 0 fully saturated rings. The molecular formula is C10H12O5. The summed E-state index contributed by atoms with van der Waals surface area (Å²) in [7, 11) is 0. The van der Waals surface area contributed by atoms with Crippen LogP contribution in [0.4, 0.5) is 0 Å². The second-order valence-corrected chi connectivity index (χ2v) is 3.36. The number of rotatable bonds is 2. The first-order chi connectivity index (χ1) is 6.91. The Hall–Kier alpha value is -1.78. The number of aromatic hydroxyl groups is 1. The topological polar surface area (TPSA) is 76.7 Å². The first-order valence-electron chi connectivity index (χ1n) is 4.46. The molecule has 0 aliphatic heterocycles. The molecule has 5 heteroatoms. The Morgan fingerprint density at radius 3 is 2.60 bits per heavy atom. The minimum atomic E-state index is -0.891. The number of aryl methyl sites for hydroxylation is 1. The summed E-state index contributed by atoms with van der Waals surface area (Å²) in [6.45, 7) is 4.79. The van der Waals surface area contributed by atoms with Gasteiger partial charge < -0.3 is 14.3 Å². The van der Waals surface area contributed by atoms with E-state index < -0.39 is 22.9 Å². The van der Waals surface area contributed by atoms with Crippen LogP contribution in [0.3, 0.4) is 0 Å². The van der Waals surface area contributed by atoms with E-state index in [4.69, 9.17) is 4.74 Å². The molecule has 0 saturated heterocycles. The molecule has 1 aromatic heterocycles. The highest BCUT2D eigenvalue weighted by Gasteiger charge is 2.20. The van der Waals surface area contributed by atoms with Gasteiger partial charge in [0.1, 0.15) is 11.5 Å². The Bertz CT molecular complexity index is 430. The molecule has 1 heterocycles. The van der Waals surface area contributed by atoms with Gasteiger partial charge in [-0.1, -0.05) is 0 Å². The van der Waals surface area contributed by atoms with Gasteiger partial charge in [-0.05, 0) is 20.8 Å². The number of hydrogen-bond donors (Lipinski definition) is 1. The molecule has 5 nitrogen and oxygen atoms in total. The van der Waals surface area contributed by atoms with Gasteiger partial charge in [0.05, 0.1) is 6.10 Å². The minimum absolute atomic E-state index is 0.235. The minimum Gasteiger partial charge on any atom is -0.507 e. The van der Waals surface area contributed by atoms with E-state index in [0.717, 1.165) is 0 Å². The zero-order chi connectivity index (χ0) is 11.6. The second-order valence-electron chi connectivity index (χ2n) is 3.36. The van der Waals surface area contributed by atoms with E-state index in [2.05, 4.69) is 4.42 Å². The summed E-state index contributed by atoms with van der Waals surface area (Å²) in [5.74, 6) is -1.07. The highest BCUT2D eigenvalue weighted by molar-refractivity contribution is 5.91. The third-order valence-corrected chi connectivity index (χ3v) is 1.60. The van der Waals surface area contributed by atoms with Crippen LogP contribution in [0.2, 0.25) is 0 Å². The van der Waals surface area contributed by atoms with Crippen molar-refractivity contribution >= 4 is 5.97 Å². The fraction of sp³-hybridized carbons (Fsp3) is 0.400. The van der Waals surface area contributed by atoms with Crippen LogP contribution < -0.4 is 5.63 Å². The highest BCUT2D eigenvalue weighted by Crippen LogP contribution is 2.15. The van der Waals surface area contributed by atoms with Gasteiger partial charge in [-0.3, -0.25) is 0 Å². The van der Waals surface area contributed by atoms with Crippen molar-refractivity contribution in [1.82, 2.24) is 0 Å². The lowest BCUT2D eigenvalue weighted by atomic mass is 10.2.